The molecule has 4 heterocycles. The van der Waals surface area contributed by atoms with Crippen molar-refractivity contribution in [3.8, 4) is 5.75 Å². The highest BCUT2D eigenvalue weighted by atomic mass is 19.4. The van der Waals surface area contributed by atoms with Crippen molar-refractivity contribution in [1.82, 2.24) is 24.6 Å². The van der Waals surface area contributed by atoms with Crippen LogP contribution in [-0.2, 0) is 28.4 Å². The summed E-state index contributed by atoms with van der Waals surface area (Å²) < 4.78 is 92.6. The van der Waals surface area contributed by atoms with Crippen molar-refractivity contribution in [3.05, 3.63) is 69.9 Å². The first-order valence-corrected chi connectivity index (χ1v) is 15.5. The SMILES string of the molecule is COc1ccc(Cn2ncc(NC(CO[C@@H]3CCN(C4CCN(c5ncc(C(F)(F)F)cn5)CC4)C3=O)C(C)O)c(C(F)(F)F)c2=O)cc1. The van der Waals surface area contributed by atoms with Crippen molar-refractivity contribution in [2.75, 3.05) is 43.6 Å². The van der Waals surface area contributed by atoms with Crippen molar-refractivity contribution in [3.63, 3.8) is 0 Å². The number of halogens is 6. The van der Waals surface area contributed by atoms with Crippen LogP contribution in [-0.4, -0.2) is 93.3 Å². The largest absolute Gasteiger partial charge is 0.497 e. The van der Waals surface area contributed by atoms with Crippen LogP contribution in [0.5, 0.6) is 5.75 Å². The van der Waals surface area contributed by atoms with Gasteiger partial charge in [-0.15, -0.1) is 0 Å². The van der Waals surface area contributed by atoms with Gasteiger partial charge < -0.3 is 29.7 Å². The normalized spacial score (nSPS) is 18.9. The molecule has 1 amide bonds. The molecule has 12 nitrogen and oxygen atoms in total. The number of piperidine rings is 1. The topological polar surface area (TPSA) is 135 Å². The van der Waals surface area contributed by atoms with Crippen molar-refractivity contribution in [2.24, 2.45) is 0 Å². The molecule has 5 rings (SSSR count). The highest BCUT2D eigenvalue weighted by molar-refractivity contribution is 5.83. The van der Waals surface area contributed by atoms with Crippen LogP contribution in [0.4, 0.5) is 38.0 Å². The standard InChI is InChI=1S/C31H35F6N7O5/c1-18(45)24(41-23-15-40-44(28(47)26(23)31(35,36)37)16-19-3-5-22(48-2)6-4-19)17-49-25-9-12-43(27(25)46)21-7-10-42(11-8-21)29-38-13-20(14-39-29)30(32,33)34/h3-6,13-15,18,21,24-25,41,45H,7-12,16-17H2,1-2H3/t18?,24?,25-/m1/s1. The maximum atomic E-state index is 14.2. The minimum Gasteiger partial charge on any atom is -0.497 e. The van der Waals surface area contributed by atoms with E-state index < -0.39 is 53.0 Å². The van der Waals surface area contributed by atoms with E-state index in [0.29, 0.717) is 54.9 Å². The number of likely N-dealkylation sites (tertiary alicyclic amines) is 1. The summed E-state index contributed by atoms with van der Waals surface area (Å²) in [4.78, 5) is 37.3. The number of methoxy groups -OCH3 is 1. The number of aliphatic hydroxyl groups excluding tert-OH is 1. The molecule has 0 saturated carbocycles. The molecule has 0 aliphatic carbocycles. The fraction of sp³-hybridized carbons (Fsp3) is 0.516. The third-order valence-corrected chi connectivity index (χ3v) is 8.56. The number of nitrogens with one attached hydrogen (secondary N) is 1. The number of rotatable bonds is 11. The van der Waals surface area contributed by atoms with Crippen LogP contribution in [0.2, 0.25) is 0 Å². The van der Waals surface area contributed by atoms with Crippen LogP contribution in [0.1, 0.15) is 42.9 Å². The fourth-order valence-corrected chi connectivity index (χ4v) is 5.81. The predicted molar refractivity (Wildman–Crippen MR) is 163 cm³/mol. The zero-order chi connectivity index (χ0) is 35.5. The van der Waals surface area contributed by atoms with E-state index >= 15 is 0 Å². The number of amides is 1. The second kappa shape index (κ2) is 14.6. The van der Waals surface area contributed by atoms with Gasteiger partial charge in [0.15, 0.2) is 0 Å². The molecule has 0 radical (unpaired) electrons. The number of benzene rings is 1. The lowest BCUT2D eigenvalue weighted by Crippen LogP contribution is -2.47. The molecular weight excluding hydrogens is 664 g/mol. The second-order valence-electron chi connectivity index (χ2n) is 11.9. The minimum absolute atomic E-state index is 0.163. The van der Waals surface area contributed by atoms with Gasteiger partial charge in [0, 0.05) is 44.5 Å². The molecule has 18 heteroatoms. The Hall–Kier alpha value is -4.45. The maximum absolute atomic E-state index is 14.2. The van der Waals surface area contributed by atoms with Crippen LogP contribution >= 0.6 is 0 Å². The van der Waals surface area contributed by atoms with Gasteiger partial charge in [-0.1, -0.05) is 12.1 Å². The molecule has 0 spiro atoms. The summed E-state index contributed by atoms with van der Waals surface area (Å²) in [6.45, 7) is 1.95. The average Bonchev–Trinajstić information content (AvgIpc) is 3.43. The number of carbonyl (C=O) groups excluding carboxylic acids is 1. The summed E-state index contributed by atoms with van der Waals surface area (Å²) in [7, 11) is 1.47. The third-order valence-electron chi connectivity index (χ3n) is 8.56. The van der Waals surface area contributed by atoms with Crippen LogP contribution in [0.3, 0.4) is 0 Å². The Balaban J connectivity index is 1.19. The lowest BCUT2D eigenvalue weighted by molar-refractivity contribution is -0.140. The Bertz CT molecular complexity index is 1640. The Morgan fingerprint density at radius 1 is 0.959 bits per heavy atom. The van der Waals surface area contributed by atoms with E-state index in [1.54, 1.807) is 34.1 Å². The van der Waals surface area contributed by atoms with Gasteiger partial charge in [0.1, 0.15) is 17.4 Å². The molecule has 0 bridgehead atoms. The number of aliphatic hydroxyl groups is 1. The fourth-order valence-electron chi connectivity index (χ4n) is 5.81. The molecule has 3 aromatic rings. The van der Waals surface area contributed by atoms with E-state index in [1.807, 2.05) is 0 Å². The second-order valence-corrected chi connectivity index (χ2v) is 11.9. The summed E-state index contributed by atoms with van der Waals surface area (Å²) >= 11 is 0. The van der Waals surface area contributed by atoms with Crippen molar-refractivity contribution >= 4 is 17.5 Å². The molecule has 2 aliphatic heterocycles. The van der Waals surface area contributed by atoms with Crippen LogP contribution in [0.15, 0.2) is 47.7 Å². The molecule has 3 atom stereocenters. The first kappa shape index (κ1) is 35.8. The Labute approximate surface area is 276 Å². The molecule has 2 N–H and O–H groups in total. The van der Waals surface area contributed by atoms with Gasteiger partial charge >= 0.3 is 12.4 Å². The Kier molecular flexibility index (Phi) is 10.7. The number of hydrogen-bond donors (Lipinski definition) is 2. The molecule has 49 heavy (non-hydrogen) atoms. The maximum Gasteiger partial charge on any atom is 0.423 e. The van der Waals surface area contributed by atoms with Gasteiger partial charge in [-0.2, -0.15) is 31.4 Å². The van der Waals surface area contributed by atoms with Crippen molar-refractivity contribution in [2.45, 2.75) is 69.4 Å². The van der Waals surface area contributed by atoms with E-state index in [1.165, 1.54) is 14.0 Å². The first-order valence-electron chi connectivity index (χ1n) is 15.5. The number of hydrogen-bond acceptors (Lipinski definition) is 10. The van der Waals surface area contributed by atoms with E-state index in [9.17, 15) is 41.0 Å². The zero-order valence-corrected chi connectivity index (χ0v) is 26.5. The van der Waals surface area contributed by atoms with Crippen LogP contribution in [0, 0.1) is 0 Å². The predicted octanol–water partition coefficient (Wildman–Crippen LogP) is 3.58. The summed E-state index contributed by atoms with van der Waals surface area (Å²) in [5.41, 5.74) is -3.93. The number of anilines is 2. The highest BCUT2D eigenvalue weighted by Gasteiger charge is 2.41. The lowest BCUT2D eigenvalue weighted by atomic mass is 10.0. The number of carbonyl (C=O) groups is 1. The molecule has 1 aromatic carbocycles. The summed E-state index contributed by atoms with van der Waals surface area (Å²) in [5.74, 6) is 0.386. The van der Waals surface area contributed by atoms with Gasteiger partial charge in [0.05, 0.1) is 49.9 Å². The van der Waals surface area contributed by atoms with Crippen LogP contribution in [0.25, 0.3) is 0 Å². The minimum atomic E-state index is -5.05. The summed E-state index contributed by atoms with van der Waals surface area (Å²) in [6.07, 6.45) is -8.08. The molecule has 2 saturated heterocycles. The number of aromatic nitrogens is 4. The van der Waals surface area contributed by atoms with Gasteiger partial charge in [0.25, 0.3) is 11.5 Å². The first-order chi connectivity index (χ1) is 23.2. The monoisotopic (exact) mass is 699 g/mol. The molecule has 266 valence electrons. The molecule has 2 aromatic heterocycles. The van der Waals surface area contributed by atoms with E-state index in [2.05, 4.69) is 20.4 Å². The van der Waals surface area contributed by atoms with Gasteiger partial charge in [0.2, 0.25) is 5.95 Å². The number of alkyl halides is 6. The molecule has 2 unspecified atom stereocenters. The van der Waals surface area contributed by atoms with Gasteiger partial charge in [-0.3, -0.25) is 9.59 Å². The van der Waals surface area contributed by atoms with E-state index in [4.69, 9.17) is 9.47 Å². The third kappa shape index (κ3) is 8.41. The van der Waals surface area contributed by atoms with Crippen LogP contribution < -0.4 is 20.5 Å². The molecule has 2 aliphatic rings. The smallest absolute Gasteiger partial charge is 0.423 e. The van der Waals surface area contributed by atoms with Gasteiger partial charge in [-0.25, -0.2) is 14.6 Å². The average molecular weight is 700 g/mol. The number of ether oxygens (including phenoxy) is 2. The zero-order valence-electron chi connectivity index (χ0n) is 26.5. The van der Waals surface area contributed by atoms with E-state index in [0.717, 1.165) is 18.6 Å². The molecular formula is C31H35F6N7O5. The summed E-state index contributed by atoms with van der Waals surface area (Å²) in [5, 5.41) is 16.9. The molecule has 2 fully saturated rings. The Morgan fingerprint density at radius 3 is 2.18 bits per heavy atom. The van der Waals surface area contributed by atoms with Crippen molar-refractivity contribution in [1.29, 1.82) is 0 Å². The van der Waals surface area contributed by atoms with Gasteiger partial charge in [-0.05, 0) is 37.5 Å². The van der Waals surface area contributed by atoms with E-state index in [-0.39, 0.29) is 31.0 Å². The summed E-state index contributed by atoms with van der Waals surface area (Å²) in [6, 6.07) is 5.11. The Morgan fingerprint density at radius 2 is 1.61 bits per heavy atom. The van der Waals surface area contributed by atoms with Crippen molar-refractivity contribution < 1.29 is 45.7 Å². The quantitative estimate of drug-likeness (QED) is 0.286. The lowest BCUT2D eigenvalue weighted by Gasteiger charge is -2.36. The highest BCUT2D eigenvalue weighted by Crippen LogP contribution is 2.33. The number of nitrogens with zero attached hydrogens (tertiary/aromatic N) is 6.